The van der Waals surface area contributed by atoms with E-state index in [4.69, 9.17) is 15.2 Å². The standard InChI is InChI=1S/C10H20N2O2/c11-9-6-12-4-3-10(9)14-8-2-1-5-13-7-8/h8-10,12H,1-7,11H2. The normalized spacial score (nSPS) is 39.6. The zero-order valence-electron chi connectivity index (χ0n) is 8.58. The van der Waals surface area contributed by atoms with Gasteiger partial charge in [-0.3, -0.25) is 0 Å². The van der Waals surface area contributed by atoms with Crippen LogP contribution < -0.4 is 11.1 Å². The van der Waals surface area contributed by atoms with Crippen molar-refractivity contribution in [1.29, 1.82) is 0 Å². The van der Waals surface area contributed by atoms with Crippen LogP contribution in [0.15, 0.2) is 0 Å². The summed E-state index contributed by atoms with van der Waals surface area (Å²) in [4.78, 5) is 0. The van der Waals surface area contributed by atoms with Crippen molar-refractivity contribution >= 4 is 0 Å². The second-order valence-corrected chi connectivity index (χ2v) is 4.17. The van der Waals surface area contributed by atoms with Crippen molar-refractivity contribution in [2.75, 3.05) is 26.3 Å². The van der Waals surface area contributed by atoms with E-state index >= 15 is 0 Å². The molecule has 4 heteroatoms. The average molecular weight is 200 g/mol. The molecule has 0 bridgehead atoms. The van der Waals surface area contributed by atoms with E-state index in [1.165, 1.54) is 0 Å². The molecule has 0 aromatic rings. The van der Waals surface area contributed by atoms with Crippen molar-refractivity contribution < 1.29 is 9.47 Å². The van der Waals surface area contributed by atoms with Gasteiger partial charge in [-0.1, -0.05) is 0 Å². The molecule has 2 rings (SSSR count). The number of ether oxygens (including phenoxy) is 2. The van der Waals surface area contributed by atoms with Crippen molar-refractivity contribution in [3.8, 4) is 0 Å². The topological polar surface area (TPSA) is 56.5 Å². The van der Waals surface area contributed by atoms with Gasteiger partial charge >= 0.3 is 0 Å². The third-order valence-electron chi connectivity index (χ3n) is 2.95. The lowest BCUT2D eigenvalue weighted by Crippen LogP contribution is -2.52. The Bertz CT molecular complexity index is 172. The molecule has 0 aromatic heterocycles. The Morgan fingerprint density at radius 2 is 2.29 bits per heavy atom. The molecular weight excluding hydrogens is 180 g/mol. The van der Waals surface area contributed by atoms with Gasteiger partial charge in [-0.25, -0.2) is 0 Å². The Morgan fingerprint density at radius 3 is 3.00 bits per heavy atom. The van der Waals surface area contributed by atoms with Crippen LogP contribution in [0.25, 0.3) is 0 Å². The fourth-order valence-electron chi connectivity index (χ4n) is 2.09. The zero-order valence-corrected chi connectivity index (χ0v) is 8.58. The minimum absolute atomic E-state index is 0.144. The number of hydrogen-bond acceptors (Lipinski definition) is 4. The van der Waals surface area contributed by atoms with E-state index in [9.17, 15) is 0 Å². The molecule has 2 aliphatic rings. The molecule has 0 radical (unpaired) electrons. The molecule has 14 heavy (non-hydrogen) atoms. The van der Waals surface area contributed by atoms with Crippen molar-refractivity contribution in [3.63, 3.8) is 0 Å². The molecule has 3 N–H and O–H groups in total. The summed E-state index contributed by atoms with van der Waals surface area (Å²) < 4.78 is 11.3. The fraction of sp³-hybridized carbons (Fsp3) is 1.00. The van der Waals surface area contributed by atoms with Gasteiger partial charge in [0.1, 0.15) is 0 Å². The van der Waals surface area contributed by atoms with Gasteiger partial charge in [-0.15, -0.1) is 0 Å². The predicted octanol–water partition coefficient (Wildman–Crippen LogP) is -0.129. The Labute approximate surface area is 85.1 Å². The summed E-state index contributed by atoms with van der Waals surface area (Å²) in [6, 6.07) is 0.144. The van der Waals surface area contributed by atoms with Gasteiger partial charge in [-0.05, 0) is 25.8 Å². The Balaban J connectivity index is 1.76. The van der Waals surface area contributed by atoms with E-state index in [2.05, 4.69) is 5.32 Å². The molecule has 2 heterocycles. The SMILES string of the molecule is NC1CNCCC1OC1CCCOC1. The molecule has 0 saturated carbocycles. The van der Waals surface area contributed by atoms with Crippen molar-refractivity contribution in [2.24, 2.45) is 5.73 Å². The minimum Gasteiger partial charge on any atom is -0.379 e. The number of hydrogen-bond donors (Lipinski definition) is 2. The van der Waals surface area contributed by atoms with E-state index < -0.39 is 0 Å². The highest BCUT2D eigenvalue weighted by Gasteiger charge is 2.26. The van der Waals surface area contributed by atoms with Crippen LogP contribution in [0.3, 0.4) is 0 Å². The quantitative estimate of drug-likeness (QED) is 0.652. The van der Waals surface area contributed by atoms with Gasteiger partial charge in [0.15, 0.2) is 0 Å². The molecule has 4 nitrogen and oxygen atoms in total. The Morgan fingerprint density at radius 1 is 1.36 bits per heavy atom. The molecule has 0 spiro atoms. The van der Waals surface area contributed by atoms with Crippen molar-refractivity contribution in [2.45, 2.75) is 37.5 Å². The van der Waals surface area contributed by atoms with Crippen LogP contribution in [-0.4, -0.2) is 44.6 Å². The first-order chi connectivity index (χ1) is 6.86. The third-order valence-corrected chi connectivity index (χ3v) is 2.95. The minimum atomic E-state index is 0.144. The fourth-order valence-corrected chi connectivity index (χ4v) is 2.09. The highest BCUT2D eigenvalue weighted by atomic mass is 16.5. The first kappa shape index (κ1) is 10.4. The van der Waals surface area contributed by atoms with E-state index in [-0.39, 0.29) is 18.2 Å². The maximum atomic E-state index is 5.97. The Kier molecular flexibility index (Phi) is 3.75. The number of rotatable bonds is 2. The van der Waals surface area contributed by atoms with Gasteiger partial charge < -0.3 is 20.5 Å². The third kappa shape index (κ3) is 2.67. The monoisotopic (exact) mass is 200 g/mol. The van der Waals surface area contributed by atoms with E-state index in [0.717, 1.165) is 45.6 Å². The van der Waals surface area contributed by atoms with Gasteiger partial charge in [0.05, 0.1) is 18.8 Å². The van der Waals surface area contributed by atoms with Crippen LogP contribution in [0.2, 0.25) is 0 Å². The lowest BCUT2D eigenvalue weighted by Gasteiger charge is -2.33. The summed E-state index contributed by atoms with van der Waals surface area (Å²) in [5.74, 6) is 0. The lowest BCUT2D eigenvalue weighted by atomic mass is 10.0. The highest BCUT2D eigenvalue weighted by Crippen LogP contribution is 2.16. The first-order valence-corrected chi connectivity index (χ1v) is 5.56. The summed E-state index contributed by atoms with van der Waals surface area (Å²) in [6.45, 7) is 3.53. The van der Waals surface area contributed by atoms with Crippen LogP contribution in [0, 0.1) is 0 Å². The predicted molar refractivity (Wildman–Crippen MR) is 54.2 cm³/mol. The molecule has 2 aliphatic heterocycles. The number of nitrogens with two attached hydrogens (primary N) is 1. The summed E-state index contributed by atoms with van der Waals surface area (Å²) >= 11 is 0. The maximum Gasteiger partial charge on any atom is 0.0813 e. The van der Waals surface area contributed by atoms with Crippen LogP contribution in [0.1, 0.15) is 19.3 Å². The van der Waals surface area contributed by atoms with E-state index in [1.54, 1.807) is 0 Å². The molecule has 82 valence electrons. The zero-order chi connectivity index (χ0) is 9.80. The number of piperidine rings is 1. The van der Waals surface area contributed by atoms with E-state index in [0.29, 0.717) is 0 Å². The summed E-state index contributed by atoms with van der Waals surface area (Å²) in [5, 5.41) is 3.27. The largest absolute Gasteiger partial charge is 0.379 e. The van der Waals surface area contributed by atoms with Crippen molar-refractivity contribution in [3.05, 3.63) is 0 Å². The van der Waals surface area contributed by atoms with Crippen LogP contribution in [0.4, 0.5) is 0 Å². The highest BCUT2D eigenvalue weighted by molar-refractivity contribution is 4.82. The molecule has 0 aromatic carbocycles. The maximum absolute atomic E-state index is 5.97. The molecule has 0 aliphatic carbocycles. The summed E-state index contributed by atoms with van der Waals surface area (Å²) in [6.07, 6.45) is 3.76. The molecule has 2 saturated heterocycles. The van der Waals surface area contributed by atoms with Gasteiger partial charge in [0.2, 0.25) is 0 Å². The van der Waals surface area contributed by atoms with E-state index in [1.807, 2.05) is 0 Å². The first-order valence-electron chi connectivity index (χ1n) is 5.56. The average Bonchev–Trinajstić information content (AvgIpc) is 2.23. The molecular formula is C10H20N2O2. The Hall–Kier alpha value is -0.160. The summed E-state index contributed by atoms with van der Waals surface area (Å²) in [5.41, 5.74) is 5.97. The smallest absolute Gasteiger partial charge is 0.0813 e. The molecule has 0 amide bonds. The molecule has 3 unspecified atom stereocenters. The van der Waals surface area contributed by atoms with Gasteiger partial charge in [0.25, 0.3) is 0 Å². The van der Waals surface area contributed by atoms with Gasteiger partial charge in [-0.2, -0.15) is 0 Å². The lowest BCUT2D eigenvalue weighted by molar-refractivity contribution is -0.0957. The molecule has 2 fully saturated rings. The van der Waals surface area contributed by atoms with Crippen LogP contribution >= 0.6 is 0 Å². The van der Waals surface area contributed by atoms with Crippen LogP contribution in [0.5, 0.6) is 0 Å². The van der Waals surface area contributed by atoms with Crippen molar-refractivity contribution in [1.82, 2.24) is 5.32 Å². The second kappa shape index (κ2) is 5.07. The van der Waals surface area contributed by atoms with Gasteiger partial charge in [0, 0.05) is 19.2 Å². The number of nitrogens with one attached hydrogen (secondary N) is 1. The second-order valence-electron chi connectivity index (χ2n) is 4.17. The molecule has 3 atom stereocenters. The summed E-state index contributed by atoms with van der Waals surface area (Å²) in [7, 11) is 0. The van der Waals surface area contributed by atoms with Crippen LogP contribution in [-0.2, 0) is 9.47 Å².